The van der Waals surface area contributed by atoms with Crippen molar-refractivity contribution in [2.45, 2.75) is 51.5 Å². The Hall–Kier alpha value is -0.780. The minimum atomic E-state index is -4.21. The van der Waals surface area contributed by atoms with Crippen molar-refractivity contribution >= 4 is 5.91 Å². The molecule has 3 nitrogen and oxygen atoms in total. The predicted octanol–water partition coefficient (Wildman–Crippen LogP) is 1.89. The first-order chi connectivity index (χ1) is 7.35. The van der Waals surface area contributed by atoms with Crippen LogP contribution in [0.4, 0.5) is 13.2 Å². The molecule has 2 atom stereocenters. The van der Waals surface area contributed by atoms with Gasteiger partial charge in [-0.25, -0.2) is 0 Å². The van der Waals surface area contributed by atoms with Gasteiger partial charge in [0, 0.05) is 6.54 Å². The fraction of sp³-hybridized carbons (Fsp3) is 0.900. The first-order valence-corrected chi connectivity index (χ1v) is 5.48. The summed E-state index contributed by atoms with van der Waals surface area (Å²) < 4.78 is 36.2. The summed E-state index contributed by atoms with van der Waals surface area (Å²) in [6.07, 6.45) is -3.94. The van der Waals surface area contributed by atoms with Gasteiger partial charge < -0.3 is 4.90 Å². The minimum absolute atomic E-state index is 0.210. The van der Waals surface area contributed by atoms with Gasteiger partial charge in [0.25, 0.3) is 0 Å². The molecule has 0 spiro atoms. The minimum Gasteiger partial charge on any atom is -0.326 e. The van der Waals surface area contributed by atoms with Crippen molar-refractivity contribution in [3.05, 3.63) is 0 Å². The van der Waals surface area contributed by atoms with E-state index in [4.69, 9.17) is 0 Å². The van der Waals surface area contributed by atoms with Crippen LogP contribution in [0.1, 0.15) is 33.1 Å². The van der Waals surface area contributed by atoms with Crippen LogP contribution in [0.5, 0.6) is 0 Å². The molecule has 0 aromatic rings. The quantitative estimate of drug-likeness (QED) is 0.811. The van der Waals surface area contributed by atoms with E-state index in [2.05, 4.69) is 5.32 Å². The van der Waals surface area contributed by atoms with E-state index in [-0.39, 0.29) is 24.7 Å². The van der Waals surface area contributed by atoms with Gasteiger partial charge in [0.15, 0.2) is 0 Å². The van der Waals surface area contributed by atoms with Gasteiger partial charge in [0.2, 0.25) is 5.91 Å². The summed E-state index contributed by atoms with van der Waals surface area (Å²) in [5, 5.41) is 3.00. The van der Waals surface area contributed by atoms with E-state index >= 15 is 0 Å². The Balaban J connectivity index is 2.51. The molecule has 1 amide bonds. The molecule has 94 valence electrons. The van der Waals surface area contributed by atoms with Gasteiger partial charge in [-0.1, -0.05) is 13.3 Å². The molecule has 0 aromatic carbocycles. The zero-order valence-corrected chi connectivity index (χ0v) is 9.47. The predicted molar refractivity (Wildman–Crippen MR) is 53.7 cm³/mol. The van der Waals surface area contributed by atoms with Crippen LogP contribution >= 0.6 is 0 Å². The average Bonchev–Trinajstić information content (AvgIpc) is 2.39. The van der Waals surface area contributed by atoms with E-state index in [1.54, 1.807) is 6.92 Å². The topological polar surface area (TPSA) is 32.3 Å². The average molecular weight is 238 g/mol. The van der Waals surface area contributed by atoms with Gasteiger partial charge in [-0.3, -0.25) is 10.1 Å². The second kappa shape index (κ2) is 5.03. The monoisotopic (exact) mass is 238 g/mol. The van der Waals surface area contributed by atoms with Gasteiger partial charge in [-0.05, 0) is 13.3 Å². The molecule has 1 heterocycles. The summed E-state index contributed by atoms with van der Waals surface area (Å²) in [4.78, 5) is 13.0. The van der Waals surface area contributed by atoms with Crippen molar-refractivity contribution in [1.82, 2.24) is 10.2 Å². The molecule has 0 bridgehead atoms. The number of hydrogen-bond donors (Lipinski definition) is 1. The number of nitrogens with one attached hydrogen (secondary N) is 1. The summed E-state index contributed by atoms with van der Waals surface area (Å²) in [5.41, 5.74) is 0. The molecule has 0 aliphatic carbocycles. The Labute approximate surface area is 93.0 Å². The molecular formula is C10H17F3N2O. The molecule has 6 heteroatoms. The smallest absolute Gasteiger partial charge is 0.326 e. The molecule has 1 fully saturated rings. The summed E-state index contributed by atoms with van der Waals surface area (Å²) in [5.74, 6) is -0.210. The van der Waals surface area contributed by atoms with E-state index in [0.29, 0.717) is 6.42 Å². The summed E-state index contributed by atoms with van der Waals surface area (Å²) in [6.45, 7) is 3.40. The number of rotatable bonds is 4. The fourth-order valence-electron chi connectivity index (χ4n) is 1.89. The molecule has 2 unspecified atom stereocenters. The third-order valence-electron chi connectivity index (χ3n) is 2.70. The number of carbonyl (C=O) groups is 1. The van der Waals surface area contributed by atoms with Crippen LogP contribution in [0.3, 0.4) is 0 Å². The van der Waals surface area contributed by atoms with Crippen molar-refractivity contribution in [2.75, 3.05) is 6.54 Å². The third kappa shape index (κ3) is 3.37. The van der Waals surface area contributed by atoms with Crippen molar-refractivity contribution in [2.24, 2.45) is 0 Å². The standard InChI is InChI=1S/C10H17F3N2O/c1-3-4-8-9(16)15(7(2)14-8)6-5-10(11,12)13/h7-8,14H,3-6H2,1-2H3. The van der Waals surface area contributed by atoms with Gasteiger partial charge in [0.05, 0.1) is 18.6 Å². The van der Waals surface area contributed by atoms with E-state index < -0.39 is 12.6 Å². The van der Waals surface area contributed by atoms with Gasteiger partial charge in [-0.2, -0.15) is 13.2 Å². The first-order valence-electron chi connectivity index (χ1n) is 5.48. The molecule has 1 aliphatic rings. The van der Waals surface area contributed by atoms with Crippen LogP contribution in [-0.4, -0.2) is 35.7 Å². The van der Waals surface area contributed by atoms with Crippen molar-refractivity contribution in [3.8, 4) is 0 Å². The Bertz CT molecular complexity index is 255. The summed E-state index contributed by atoms with van der Waals surface area (Å²) in [7, 11) is 0. The highest BCUT2D eigenvalue weighted by atomic mass is 19.4. The molecule has 1 N–H and O–H groups in total. The summed E-state index contributed by atoms with van der Waals surface area (Å²) in [6, 6.07) is -0.312. The fourth-order valence-corrected chi connectivity index (χ4v) is 1.89. The number of amides is 1. The van der Waals surface area contributed by atoms with Crippen LogP contribution in [0.15, 0.2) is 0 Å². The molecular weight excluding hydrogens is 221 g/mol. The van der Waals surface area contributed by atoms with E-state index in [9.17, 15) is 18.0 Å². The van der Waals surface area contributed by atoms with Crippen molar-refractivity contribution < 1.29 is 18.0 Å². The molecule has 16 heavy (non-hydrogen) atoms. The summed E-state index contributed by atoms with van der Waals surface area (Å²) >= 11 is 0. The number of carbonyl (C=O) groups excluding carboxylic acids is 1. The van der Waals surface area contributed by atoms with E-state index in [1.165, 1.54) is 4.90 Å². The number of alkyl halides is 3. The zero-order chi connectivity index (χ0) is 12.3. The lowest BCUT2D eigenvalue weighted by Gasteiger charge is -2.21. The lowest BCUT2D eigenvalue weighted by atomic mass is 10.2. The maximum absolute atomic E-state index is 12.1. The van der Waals surface area contributed by atoms with Crippen molar-refractivity contribution in [1.29, 1.82) is 0 Å². The highest BCUT2D eigenvalue weighted by molar-refractivity contribution is 5.84. The first kappa shape index (κ1) is 13.3. The van der Waals surface area contributed by atoms with Crippen LogP contribution in [0.2, 0.25) is 0 Å². The second-order valence-electron chi connectivity index (χ2n) is 4.08. The van der Waals surface area contributed by atoms with Crippen LogP contribution in [0, 0.1) is 0 Å². The Morgan fingerprint density at radius 1 is 1.44 bits per heavy atom. The highest BCUT2D eigenvalue weighted by Gasteiger charge is 2.38. The molecule has 0 saturated carbocycles. The number of hydrogen-bond acceptors (Lipinski definition) is 2. The van der Waals surface area contributed by atoms with Crippen LogP contribution in [0.25, 0.3) is 0 Å². The lowest BCUT2D eigenvalue weighted by Crippen LogP contribution is -2.37. The SMILES string of the molecule is CCCC1NC(C)N(CCC(F)(F)F)C1=O. The van der Waals surface area contributed by atoms with Gasteiger partial charge in [0.1, 0.15) is 0 Å². The largest absolute Gasteiger partial charge is 0.390 e. The maximum atomic E-state index is 12.1. The highest BCUT2D eigenvalue weighted by Crippen LogP contribution is 2.22. The third-order valence-corrected chi connectivity index (χ3v) is 2.70. The van der Waals surface area contributed by atoms with E-state index in [1.807, 2.05) is 6.92 Å². The van der Waals surface area contributed by atoms with Crippen molar-refractivity contribution in [3.63, 3.8) is 0 Å². The zero-order valence-electron chi connectivity index (χ0n) is 9.47. The number of nitrogens with zero attached hydrogens (tertiary/aromatic N) is 1. The molecule has 1 rings (SSSR count). The normalized spacial score (nSPS) is 26.6. The lowest BCUT2D eigenvalue weighted by molar-refractivity contribution is -0.144. The maximum Gasteiger partial charge on any atom is 0.390 e. The van der Waals surface area contributed by atoms with E-state index in [0.717, 1.165) is 6.42 Å². The van der Waals surface area contributed by atoms with Crippen LogP contribution in [-0.2, 0) is 4.79 Å². The number of halogens is 3. The molecule has 1 aliphatic heterocycles. The Morgan fingerprint density at radius 3 is 2.56 bits per heavy atom. The van der Waals surface area contributed by atoms with Gasteiger partial charge in [-0.15, -0.1) is 0 Å². The molecule has 0 aromatic heterocycles. The van der Waals surface area contributed by atoms with Crippen LogP contribution < -0.4 is 5.32 Å². The Kier molecular flexibility index (Phi) is 4.18. The van der Waals surface area contributed by atoms with Gasteiger partial charge >= 0.3 is 6.18 Å². The molecule has 1 saturated heterocycles. The second-order valence-corrected chi connectivity index (χ2v) is 4.08. The molecule has 0 radical (unpaired) electrons. The Morgan fingerprint density at radius 2 is 2.06 bits per heavy atom.